The van der Waals surface area contributed by atoms with E-state index in [-0.39, 0.29) is 35.4 Å². The van der Waals surface area contributed by atoms with E-state index >= 15 is 0 Å². The number of piperidine rings is 1. The number of halogens is 1. The largest absolute Gasteiger partial charge is 0.342 e. The second kappa shape index (κ2) is 8.76. The Bertz CT molecular complexity index is 863. The molecule has 2 amide bonds. The van der Waals surface area contributed by atoms with E-state index in [4.69, 9.17) is 0 Å². The molecule has 0 radical (unpaired) electrons. The molecular formula is C24H29FN2O2. The normalized spacial score (nSPS) is 15.2. The van der Waals surface area contributed by atoms with Crippen molar-refractivity contribution in [3.8, 4) is 0 Å². The molecule has 1 aliphatic rings. The van der Waals surface area contributed by atoms with Gasteiger partial charge < -0.3 is 10.2 Å². The third-order valence-electron chi connectivity index (χ3n) is 5.48. The molecule has 154 valence electrons. The highest BCUT2D eigenvalue weighted by molar-refractivity contribution is 5.92. The highest BCUT2D eigenvalue weighted by Crippen LogP contribution is 2.25. The van der Waals surface area contributed by atoms with Crippen LogP contribution < -0.4 is 5.32 Å². The number of hydrogen-bond acceptors (Lipinski definition) is 2. The smallest absolute Gasteiger partial charge is 0.227 e. The zero-order valence-electron chi connectivity index (χ0n) is 17.4. The Morgan fingerprint density at radius 3 is 2.31 bits per heavy atom. The Morgan fingerprint density at radius 1 is 1.07 bits per heavy atom. The van der Waals surface area contributed by atoms with Crippen LogP contribution in [0.5, 0.6) is 0 Å². The molecule has 1 saturated heterocycles. The van der Waals surface area contributed by atoms with Crippen LogP contribution in [0.3, 0.4) is 0 Å². The summed E-state index contributed by atoms with van der Waals surface area (Å²) < 4.78 is 13.3. The van der Waals surface area contributed by atoms with Gasteiger partial charge in [0.2, 0.25) is 11.8 Å². The average molecular weight is 397 g/mol. The molecule has 0 spiro atoms. The van der Waals surface area contributed by atoms with Crippen molar-refractivity contribution in [2.24, 2.45) is 5.92 Å². The van der Waals surface area contributed by atoms with E-state index < -0.39 is 0 Å². The molecule has 2 aromatic rings. The summed E-state index contributed by atoms with van der Waals surface area (Å²) in [6.07, 6.45) is 1.47. The standard InChI is InChI=1S/C24H29FN2O2/c1-24(2,3)19-7-9-21(10-8-19)26-23(29)18-11-13-27(14-12-18)22(28)16-17-5-4-6-20(25)15-17/h4-10,15,18H,11-14,16H2,1-3H3,(H,26,29). The van der Waals surface area contributed by atoms with Gasteiger partial charge in [0.1, 0.15) is 5.82 Å². The molecule has 1 N–H and O–H groups in total. The lowest BCUT2D eigenvalue weighted by Crippen LogP contribution is -2.42. The molecule has 3 rings (SSSR count). The van der Waals surface area contributed by atoms with Gasteiger partial charge in [-0.15, -0.1) is 0 Å². The van der Waals surface area contributed by atoms with E-state index in [1.807, 2.05) is 24.3 Å². The molecule has 0 atom stereocenters. The number of rotatable bonds is 4. The highest BCUT2D eigenvalue weighted by Gasteiger charge is 2.27. The van der Waals surface area contributed by atoms with Gasteiger partial charge in [-0.1, -0.05) is 45.0 Å². The van der Waals surface area contributed by atoms with E-state index in [9.17, 15) is 14.0 Å². The fourth-order valence-corrected chi connectivity index (χ4v) is 3.62. The number of hydrogen-bond donors (Lipinski definition) is 1. The van der Waals surface area contributed by atoms with Gasteiger partial charge in [0, 0.05) is 24.7 Å². The molecule has 5 heteroatoms. The van der Waals surface area contributed by atoms with Crippen molar-refractivity contribution in [1.29, 1.82) is 0 Å². The molecule has 29 heavy (non-hydrogen) atoms. The topological polar surface area (TPSA) is 49.4 Å². The van der Waals surface area contributed by atoms with E-state index in [0.717, 1.165) is 5.69 Å². The van der Waals surface area contributed by atoms with Gasteiger partial charge in [0.05, 0.1) is 6.42 Å². The monoisotopic (exact) mass is 396 g/mol. The third-order valence-corrected chi connectivity index (χ3v) is 5.48. The maximum atomic E-state index is 13.3. The Kier molecular flexibility index (Phi) is 6.36. The van der Waals surface area contributed by atoms with Gasteiger partial charge in [0.15, 0.2) is 0 Å². The average Bonchev–Trinajstić information content (AvgIpc) is 2.68. The van der Waals surface area contributed by atoms with Crippen molar-refractivity contribution in [1.82, 2.24) is 4.90 Å². The quantitative estimate of drug-likeness (QED) is 0.825. The van der Waals surface area contributed by atoms with Crippen molar-refractivity contribution in [3.05, 3.63) is 65.5 Å². The molecule has 0 aromatic heterocycles. The van der Waals surface area contributed by atoms with E-state index in [1.54, 1.807) is 17.0 Å². The first kappa shape index (κ1) is 21.0. The fraction of sp³-hybridized carbons (Fsp3) is 0.417. The number of carbonyl (C=O) groups is 2. The minimum absolute atomic E-state index is 0.00531. The summed E-state index contributed by atoms with van der Waals surface area (Å²) in [7, 11) is 0. The summed E-state index contributed by atoms with van der Waals surface area (Å²) in [4.78, 5) is 26.8. The number of anilines is 1. The lowest BCUT2D eigenvalue weighted by molar-refractivity contribution is -0.133. The van der Waals surface area contributed by atoms with Gasteiger partial charge in [-0.2, -0.15) is 0 Å². The third kappa shape index (κ3) is 5.66. The van der Waals surface area contributed by atoms with Crippen LogP contribution in [-0.2, 0) is 21.4 Å². The van der Waals surface area contributed by atoms with Gasteiger partial charge in [-0.25, -0.2) is 4.39 Å². The van der Waals surface area contributed by atoms with Gasteiger partial charge in [0.25, 0.3) is 0 Å². The first-order chi connectivity index (χ1) is 13.7. The molecule has 0 aliphatic carbocycles. The molecule has 1 aliphatic heterocycles. The Morgan fingerprint density at radius 2 is 1.72 bits per heavy atom. The van der Waals surface area contributed by atoms with Crippen molar-refractivity contribution >= 4 is 17.5 Å². The zero-order chi connectivity index (χ0) is 21.0. The molecule has 1 fully saturated rings. The van der Waals surface area contributed by atoms with Crippen LogP contribution in [-0.4, -0.2) is 29.8 Å². The summed E-state index contributed by atoms with van der Waals surface area (Å²) in [6, 6.07) is 14.1. The maximum Gasteiger partial charge on any atom is 0.227 e. The minimum atomic E-state index is -0.332. The predicted octanol–water partition coefficient (Wildman–Crippen LogP) is 4.54. The van der Waals surface area contributed by atoms with Crippen LogP contribution in [0.25, 0.3) is 0 Å². The molecule has 1 heterocycles. The Balaban J connectivity index is 1.49. The fourth-order valence-electron chi connectivity index (χ4n) is 3.62. The molecule has 4 nitrogen and oxygen atoms in total. The number of nitrogens with one attached hydrogen (secondary N) is 1. The number of carbonyl (C=O) groups excluding carboxylic acids is 2. The maximum absolute atomic E-state index is 13.3. The molecule has 0 unspecified atom stereocenters. The summed E-state index contributed by atoms with van der Waals surface area (Å²) in [5.74, 6) is -0.449. The highest BCUT2D eigenvalue weighted by atomic mass is 19.1. The van der Waals surface area contributed by atoms with Crippen molar-refractivity contribution < 1.29 is 14.0 Å². The Hall–Kier alpha value is -2.69. The zero-order valence-corrected chi connectivity index (χ0v) is 17.4. The van der Waals surface area contributed by atoms with Gasteiger partial charge >= 0.3 is 0 Å². The number of amides is 2. The SMILES string of the molecule is CC(C)(C)c1ccc(NC(=O)C2CCN(C(=O)Cc3cccc(F)c3)CC2)cc1. The van der Waals surface area contributed by atoms with Crippen molar-refractivity contribution in [2.45, 2.75) is 45.4 Å². The molecule has 0 bridgehead atoms. The molecule has 2 aromatic carbocycles. The van der Waals surface area contributed by atoms with Crippen LogP contribution in [0.1, 0.15) is 44.7 Å². The van der Waals surface area contributed by atoms with Crippen LogP contribution >= 0.6 is 0 Å². The molecular weight excluding hydrogens is 367 g/mol. The van der Waals surface area contributed by atoms with Crippen LogP contribution in [0.4, 0.5) is 10.1 Å². The number of nitrogens with zero attached hydrogens (tertiary/aromatic N) is 1. The molecule has 0 saturated carbocycles. The van der Waals surface area contributed by atoms with E-state index in [0.29, 0.717) is 31.5 Å². The first-order valence-electron chi connectivity index (χ1n) is 10.2. The van der Waals surface area contributed by atoms with Gasteiger partial charge in [-0.3, -0.25) is 9.59 Å². The summed E-state index contributed by atoms with van der Waals surface area (Å²) in [5.41, 5.74) is 2.77. The second-order valence-corrected chi connectivity index (χ2v) is 8.78. The Labute approximate surface area is 172 Å². The second-order valence-electron chi connectivity index (χ2n) is 8.78. The first-order valence-corrected chi connectivity index (χ1v) is 10.2. The van der Waals surface area contributed by atoms with E-state index in [2.05, 4.69) is 26.1 Å². The summed E-state index contributed by atoms with van der Waals surface area (Å²) in [5, 5.41) is 3.00. The van der Waals surface area contributed by atoms with Gasteiger partial charge in [-0.05, 0) is 53.6 Å². The lowest BCUT2D eigenvalue weighted by Gasteiger charge is -2.31. The summed E-state index contributed by atoms with van der Waals surface area (Å²) >= 11 is 0. The van der Waals surface area contributed by atoms with Crippen molar-refractivity contribution in [3.63, 3.8) is 0 Å². The minimum Gasteiger partial charge on any atom is -0.342 e. The van der Waals surface area contributed by atoms with Crippen molar-refractivity contribution in [2.75, 3.05) is 18.4 Å². The summed E-state index contributed by atoms with van der Waals surface area (Å²) in [6.45, 7) is 7.57. The number of benzene rings is 2. The lowest BCUT2D eigenvalue weighted by atomic mass is 9.87. The number of likely N-dealkylation sites (tertiary alicyclic amines) is 1. The van der Waals surface area contributed by atoms with Crippen LogP contribution in [0.2, 0.25) is 0 Å². The predicted molar refractivity (Wildman–Crippen MR) is 113 cm³/mol. The van der Waals surface area contributed by atoms with E-state index in [1.165, 1.54) is 17.7 Å². The van der Waals surface area contributed by atoms with Crippen LogP contribution in [0, 0.1) is 11.7 Å². The van der Waals surface area contributed by atoms with Crippen LogP contribution in [0.15, 0.2) is 48.5 Å².